The summed E-state index contributed by atoms with van der Waals surface area (Å²) in [4.78, 5) is 14.3. The topological polar surface area (TPSA) is 50.8 Å². The molecule has 0 radical (unpaired) electrons. The van der Waals surface area contributed by atoms with E-state index in [2.05, 4.69) is 35.1 Å². The van der Waals surface area contributed by atoms with Gasteiger partial charge in [-0.3, -0.25) is 4.79 Å². The van der Waals surface area contributed by atoms with E-state index in [0.29, 0.717) is 31.0 Å². The predicted octanol–water partition coefficient (Wildman–Crippen LogP) is 2.44. The number of carbonyl (C=O) groups is 1. The summed E-state index contributed by atoms with van der Waals surface area (Å²) in [5, 5.41) is 3.42. The van der Waals surface area contributed by atoms with Gasteiger partial charge >= 0.3 is 0 Å². The SMILES string of the molecule is CC1CN(C(=O)C=Cc2cc(Br)c3c(c2)OCCO3)CC(C)N1. The molecule has 1 aromatic rings. The van der Waals surface area contributed by atoms with Crippen LogP contribution in [-0.2, 0) is 4.79 Å². The maximum Gasteiger partial charge on any atom is 0.246 e. The first-order chi connectivity index (χ1) is 11.0. The average Bonchev–Trinajstić information content (AvgIpc) is 2.52. The quantitative estimate of drug-likeness (QED) is 0.800. The van der Waals surface area contributed by atoms with Gasteiger partial charge in [0, 0.05) is 31.2 Å². The van der Waals surface area contributed by atoms with Crippen LogP contribution in [-0.4, -0.2) is 49.2 Å². The number of amides is 1. The second-order valence-corrected chi connectivity index (χ2v) is 6.93. The zero-order valence-corrected chi connectivity index (χ0v) is 14.9. The highest BCUT2D eigenvalue weighted by molar-refractivity contribution is 9.10. The molecule has 2 heterocycles. The van der Waals surface area contributed by atoms with Crippen LogP contribution in [0.3, 0.4) is 0 Å². The van der Waals surface area contributed by atoms with E-state index >= 15 is 0 Å². The van der Waals surface area contributed by atoms with Crippen LogP contribution in [0.5, 0.6) is 11.5 Å². The van der Waals surface area contributed by atoms with Crippen LogP contribution in [0.1, 0.15) is 19.4 Å². The van der Waals surface area contributed by atoms with Gasteiger partial charge < -0.3 is 19.7 Å². The number of halogens is 1. The monoisotopic (exact) mass is 380 g/mol. The maximum absolute atomic E-state index is 12.4. The summed E-state index contributed by atoms with van der Waals surface area (Å²) in [6.07, 6.45) is 3.45. The second kappa shape index (κ2) is 6.93. The zero-order chi connectivity index (χ0) is 16.4. The Hall–Kier alpha value is -1.53. The minimum Gasteiger partial charge on any atom is -0.486 e. The van der Waals surface area contributed by atoms with E-state index in [1.165, 1.54) is 0 Å². The van der Waals surface area contributed by atoms with Gasteiger partial charge in [-0.2, -0.15) is 0 Å². The molecule has 1 amide bonds. The van der Waals surface area contributed by atoms with E-state index in [0.717, 1.165) is 28.9 Å². The summed E-state index contributed by atoms with van der Waals surface area (Å²) in [5.74, 6) is 1.47. The third kappa shape index (κ3) is 3.87. The standard InChI is InChI=1S/C17H21BrN2O3/c1-11-9-20(10-12(2)19-11)16(21)4-3-13-7-14(18)17-15(8-13)22-5-6-23-17/h3-4,7-8,11-12,19H,5-6,9-10H2,1-2H3. The number of nitrogens with one attached hydrogen (secondary N) is 1. The molecular weight excluding hydrogens is 360 g/mol. The molecule has 0 saturated carbocycles. The van der Waals surface area contributed by atoms with Gasteiger partial charge in [-0.1, -0.05) is 0 Å². The molecule has 2 aliphatic heterocycles. The van der Waals surface area contributed by atoms with Crippen molar-refractivity contribution in [2.45, 2.75) is 25.9 Å². The molecule has 2 aliphatic rings. The van der Waals surface area contributed by atoms with Crippen molar-refractivity contribution in [3.63, 3.8) is 0 Å². The van der Waals surface area contributed by atoms with Crippen LogP contribution in [0.2, 0.25) is 0 Å². The van der Waals surface area contributed by atoms with E-state index in [1.807, 2.05) is 23.1 Å². The summed E-state index contributed by atoms with van der Waals surface area (Å²) in [6, 6.07) is 4.46. The third-order valence-corrected chi connectivity index (χ3v) is 4.50. The van der Waals surface area contributed by atoms with Gasteiger partial charge in [-0.15, -0.1) is 0 Å². The Bertz CT molecular complexity index is 623. The Morgan fingerprint density at radius 3 is 2.70 bits per heavy atom. The van der Waals surface area contributed by atoms with Crippen molar-refractivity contribution in [2.75, 3.05) is 26.3 Å². The minimum absolute atomic E-state index is 0.0382. The molecule has 0 aliphatic carbocycles. The highest BCUT2D eigenvalue weighted by Gasteiger charge is 2.23. The van der Waals surface area contributed by atoms with Gasteiger partial charge in [0.1, 0.15) is 13.2 Å². The van der Waals surface area contributed by atoms with E-state index in [-0.39, 0.29) is 5.91 Å². The van der Waals surface area contributed by atoms with Gasteiger partial charge in [0.05, 0.1) is 4.47 Å². The number of carbonyl (C=O) groups excluding carboxylic acids is 1. The molecule has 2 atom stereocenters. The molecule has 2 unspecified atom stereocenters. The van der Waals surface area contributed by atoms with Crippen molar-refractivity contribution < 1.29 is 14.3 Å². The molecule has 0 spiro atoms. The Labute approximate surface area is 144 Å². The fourth-order valence-corrected chi connectivity index (χ4v) is 3.58. The molecule has 1 fully saturated rings. The summed E-state index contributed by atoms with van der Waals surface area (Å²) < 4.78 is 12.0. The van der Waals surface area contributed by atoms with Crippen LogP contribution >= 0.6 is 15.9 Å². The van der Waals surface area contributed by atoms with Crippen molar-refractivity contribution in [3.05, 3.63) is 28.2 Å². The van der Waals surface area contributed by atoms with Crippen LogP contribution in [0.4, 0.5) is 0 Å². The molecule has 5 nitrogen and oxygen atoms in total. The molecule has 0 aromatic heterocycles. The smallest absolute Gasteiger partial charge is 0.246 e. The van der Waals surface area contributed by atoms with Gasteiger partial charge in [0.15, 0.2) is 11.5 Å². The van der Waals surface area contributed by atoms with E-state index in [1.54, 1.807) is 6.08 Å². The first-order valence-corrected chi connectivity index (χ1v) is 8.64. The molecule has 1 aromatic carbocycles. The van der Waals surface area contributed by atoms with Crippen molar-refractivity contribution in [3.8, 4) is 11.5 Å². The summed E-state index contributed by atoms with van der Waals surface area (Å²) in [7, 11) is 0. The molecule has 124 valence electrons. The largest absolute Gasteiger partial charge is 0.486 e. The number of rotatable bonds is 2. The lowest BCUT2D eigenvalue weighted by atomic mass is 10.1. The fraction of sp³-hybridized carbons (Fsp3) is 0.471. The first-order valence-electron chi connectivity index (χ1n) is 7.85. The van der Waals surface area contributed by atoms with Gasteiger partial charge in [0.25, 0.3) is 0 Å². The highest BCUT2D eigenvalue weighted by Crippen LogP contribution is 2.38. The van der Waals surface area contributed by atoms with E-state index in [9.17, 15) is 4.79 Å². The Balaban J connectivity index is 1.72. The second-order valence-electron chi connectivity index (χ2n) is 6.07. The first kappa shape index (κ1) is 16.3. The summed E-state index contributed by atoms with van der Waals surface area (Å²) in [6.45, 7) is 6.76. The van der Waals surface area contributed by atoms with Crippen molar-refractivity contribution in [1.29, 1.82) is 0 Å². The highest BCUT2D eigenvalue weighted by atomic mass is 79.9. The maximum atomic E-state index is 12.4. The van der Waals surface area contributed by atoms with Crippen molar-refractivity contribution in [1.82, 2.24) is 10.2 Å². The van der Waals surface area contributed by atoms with Crippen LogP contribution < -0.4 is 14.8 Å². The number of hydrogen-bond acceptors (Lipinski definition) is 4. The number of fused-ring (bicyclic) bond motifs is 1. The Kier molecular flexibility index (Phi) is 4.92. The van der Waals surface area contributed by atoms with E-state index in [4.69, 9.17) is 9.47 Å². The van der Waals surface area contributed by atoms with Gasteiger partial charge in [0.2, 0.25) is 5.91 Å². The number of benzene rings is 1. The van der Waals surface area contributed by atoms with Crippen molar-refractivity contribution >= 4 is 27.9 Å². The van der Waals surface area contributed by atoms with Crippen LogP contribution in [0.15, 0.2) is 22.7 Å². The van der Waals surface area contributed by atoms with Crippen LogP contribution in [0.25, 0.3) is 6.08 Å². The number of piperazine rings is 1. The fourth-order valence-electron chi connectivity index (χ4n) is 3.01. The minimum atomic E-state index is 0.0382. The molecule has 3 rings (SSSR count). The molecule has 1 N–H and O–H groups in total. The third-order valence-electron chi connectivity index (χ3n) is 3.91. The summed E-state index contributed by atoms with van der Waals surface area (Å²) >= 11 is 3.49. The molecule has 6 heteroatoms. The van der Waals surface area contributed by atoms with Gasteiger partial charge in [-0.05, 0) is 53.5 Å². The van der Waals surface area contributed by atoms with Crippen molar-refractivity contribution in [2.24, 2.45) is 0 Å². The molecule has 0 bridgehead atoms. The molecular formula is C17H21BrN2O3. The lowest BCUT2D eigenvalue weighted by Gasteiger charge is -2.35. The van der Waals surface area contributed by atoms with Gasteiger partial charge in [-0.25, -0.2) is 0 Å². The van der Waals surface area contributed by atoms with Crippen LogP contribution in [0, 0.1) is 0 Å². The predicted molar refractivity (Wildman–Crippen MR) is 92.8 cm³/mol. The lowest BCUT2D eigenvalue weighted by molar-refractivity contribution is -0.127. The molecule has 23 heavy (non-hydrogen) atoms. The number of hydrogen-bond donors (Lipinski definition) is 1. The molecule has 1 saturated heterocycles. The zero-order valence-electron chi connectivity index (χ0n) is 13.3. The number of ether oxygens (including phenoxy) is 2. The lowest BCUT2D eigenvalue weighted by Crippen LogP contribution is -2.55. The Morgan fingerprint density at radius 2 is 1.96 bits per heavy atom. The van der Waals surface area contributed by atoms with E-state index < -0.39 is 0 Å². The average molecular weight is 381 g/mol. The Morgan fingerprint density at radius 1 is 1.26 bits per heavy atom. The summed E-state index contributed by atoms with van der Waals surface area (Å²) in [5.41, 5.74) is 0.908. The normalized spacial score (nSPS) is 24.0. The number of nitrogens with zero attached hydrogens (tertiary/aromatic N) is 1.